The van der Waals surface area contributed by atoms with Crippen LogP contribution < -0.4 is 5.32 Å². The number of esters is 1. The molecule has 0 radical (unpaired) electrons. The van der Waals surface area contributed by atoms with Crippen LogP contribution in [0.1, 0.15) is 13.3 Å². The Balaban J connectivity index is 2.20. The van der Waals surface area contributed by atoms with Crippen molar-refractivity contribution in [2.45, 2.75) is 19.4 Å². The molecule has 0 aromatic carbocycles. The van der Waals surface area contributed by atoms with E-state index in [9.17, 15) is 18.0 Å². The maximum Gasteiger partial charge on any atom is 0.309 e. The van der Waals surface area contributed by atoms with Crippen LogP contribution in [0.25, 0.3) is 0 Å². The lowest BCUT2D eigenvalue weighted by Gasteiger charge is -2.11. The molecule has 1 heterocycles. The van der Waals surface area contributed by atoms with Crippen molar-refractivity contribution in [1.29, 1.82) is 0 Å². The highest BCUT2D eigenvalue weighted by atomic mass is 32.2. The van der Waals surface area contributed by atoms with Crippen LogP contribution >= 0.6 is 11.8 Å². The van der Waals surface area contributed by atoms with Gasteiger partial charge in [0, 0.05) is 11.8 Å². The molecule has 1 aliphatic rings. The number of thioether (sulfide) groups is 1. The van der Waals surface area contributed by atoms with Crippen molar-refractivity contribution in [3.05, 3.63) is 0 Å². The van der Waals surface area contributed by atoms with Crippen LogP contribution in [0.4, 0.5) is 0 Å². The first kappa shape index (κ1) is 16.3. The van der Waals surface area contributed by atoms with Crippen molar-refractivity contribution in [2.75, 3.05) is 30.1 Å². The number of nitrogens with one attached hydrogen (secondary N) is 1. The highest BCUT2D eigenvalue weighted by Crippen LogP contribution is 2.13. The molecule has 0 aliphatic carbocycles. The summed E-state index contributed by atoms with van der Waals surface area (Å²) in [5, 5.41) is 2.70. The highest BCUT2D eigenvalue weighted by molar-refractivity contribution is 7.99. The van der Waals surface area contributed by atoms with Gasteiger partial charge in [0.15, 0.2) is 9.84 Å². The molecular formula is C11H19NO5S2. The van der Waals surface area contributed by atoms with Gasteiger partial charge in [0.05, 0.1) is 30.3 Å². The minimum Gasteiger partial charge on any atom is -0.469 e. The summed E-state index contributed by atoms with van der Waals surface area (Å²) in [4.78, 5) is 22.7. The van der Waals surface area contributed by atoms with E-state index in [0.717, 1.165) is 0 Å². The predicted octanol–water partition coefficient (Wildman–Crippen LogP) is -0.168. The molecule has 19 heavy (non-hydrogen) atoms. The van der Waals surface area contributed by atoms with Crippen molar-refractivity contribution in [1.82, 2.24) is 5.32 Å². The van der Waals surface area contributed by atoms with Gasteiger partial charge < -0.3 is 10.1 Å². The van der Waals surface area contributed by atoms with Gasteiger partial charge in [-0.15, -0.1) is 0 Å². The van der Waals surface area contributed by atoms with Crippen molar-refractivity contribution in [3.63, 3.8) is 0 Å². The van der Waals surface area contributed by atoms with Crippen LogP contribution in [0.2, 0.25) is 0 Å². The molecule has 8 heteroatoms. The summed E-state index contributed by atoms with van der Waals surface area (Å²) in [6.45, 7) is 1.74. The lowest BCUT2D eigenvalue weighted by atomic mass is 10.2. The maximum atomic E-state index is 11.6. The average molecular weight is 309 g/mol. The third kappa shape index (κ3) is 5.82. The number of sulfone groups is 1. The molecule has 1 aliphatic heterocycles. The first-order chi connectivity index (χ1) is 8.84. The standard InChI is InChI=1S/C11H19NO5S2/c1-8(11(14)17-2)5-18-6-10(13)12-9-3-4-19(15,16)7-9/h8-9H,3-7H2,1-2H3,(H,12,13). The van der Waals surface area contributed by atoms with E-state index in [4.69, 9.17) is 0 Å². The fourth-order valence-corrected chi connectivity index (χ4v) is 4.33. The smallest absolute Gasteiger partial charge is 0.309 e. The number of rotatable bonds is 6. The summed E-state index contributed by atoms with van der Waals surface area (Å²) in [5.41, 5.74) is 0. The van der Waals surface area contributed by atoms with E-state index in [1.165, 1.54) is 18.9 Å². The van der Waals surface area contributed by atoms with Crippen LogP contribution in [0.5, 0.6) is 0 Å². The molecule has 2 atom stereocenters. The molecule has 1 saturated heterocycles. The molecular weight excluding hydrogens is 290 g/mol. The van der Waals surface area contributed by atoms with Crippen LogP contribution in [0.3, 0.4) is 0 Å². The van der Waals surface area contributed by atoms with Crippen LogP contribution in [0.15, 0.2) is 0 Å². The normalized spacial score (nSPS) is 22.7. The molecule has 0 saturated carbocycles. The largest absolute Gasteiger partial charge is 0.469 e. The fourth-order valence-electron chi connectivity index (χ4n) is 1.78. The van der Waals surface area contributed by atoms with Gasteiger partial charge in [0.25, 0.3) is 0 Å². The zero-order valence-electron chi connectivity index (χ0n) is 11.0. The Morgan fingerprint density at radius 2 is 2.16 bits per heavy atom. The molecule has 1 fully saturated rings. The summed E-state index contributed by atoms with van der Waals surface area (Å²) in [5.74, 6) is 0.154. The second kappa shape index (κ2) is 7.14. The Bertz CT molecular complexity index is 434. The van der Waals surface area contributed by atoms with Gasteiger partial charge in [-0.05, 0) is 6.42 Å². The van der Waals surface area contributed by atoms with Gasteiger partial charge in [0.2, 0.25) is 5.91 Å². The summed E-state index contributed by atoms with van der Waals surface area (Å²) in [7, 11) is -1.64. The Hall–Kier alpha value is -0.760. The Kier molecular flexibility index (Phi) is 6.12. The van der Waals surface area contributed by atoms with Crippen LogP contribution in [-0.4, -0.2) is 56.5 Å². The topological polar surface area (TPSA) is 89.5 Å². The molecule has 1 N–H and O–H groups in total. The van der Waals surface area contributed by atoms with Gasteiger partial charge in [0.1, 0.15) is 0 Å². The van der Waals surface area contributed by atoms with E-state index in [1.807, 2.05) is 0 Å². The van der Waals surface area contributed by atoms with Gasteiger partial charge >= 0.3 is 5.97 Å². The van der Waals surface area contributed by atoms with E-state index in [0.29, 0.717) is 12.2 Å². The lowest BCUT2D eigenvalue weighted by Crippen LogP contribution is -2.36. The molecule has 0 bridgehead atoms. The van der Waals surface area contributed by atoms with E-state index in [1.54, 1.807) is 6.92 Å². The van der Waals surface area contributed by atoms with Crippen molar-refractivity contribution in [3.8, 4) is 0 Å². The monoisotopic (exact) mass is 309 g/mol. The predicted molar refractivity (Wildman–Crippen MR) is 73.7 cm³/mol. The number of hydrogen-bond acceptors (Lipinski definition) is 6. The van der Waals surface area contributed by atoms with Crippen molar-refractivity contribution < 1.29 is 22.7 Å². The Morgan fingerprint density at radius 3 is 2.68 bits per heavy atom. The SMILES string of the molecule is COC(=O)C(C)CSCC(=O)NC1CCS(=O)(=O)C1. The molecule has 0 aromatic heterocycles. The zero-order valence-corrected chi connectivity index (χ0v) is 12.7. The van der Waals surface area contributed by atoms with Crippen molar-refractivity contribution >= 4 is 33.5 Å². The molecule has 1 rings (SSSR count). The first-order valence-electron chi connectivity index (χ1n) is 5.99. The maximum absolute atomic E-state index is 11.6. The quantitative estimate of drug-likeness (QED) is 0.685. The number of carbonyl (C=O) groups excluding carboxylic acids is 2. The summed E-state index contributed by atoms with van der Waals surface area (Å²) >= 11 is 1.33. The van der Waals surface area contributed by atoms with Crippen molar-refractivity contribution in [2.24, 2.45) is 5.92 Å². The van der Waals surface area contributed by atoms with Gasteiger partial charge in [-0.2, -0.15) is 11.8 Å². The van der Waals surface area contributed by atoms with Gasteiger partial charge in [-0.3, -0.25) is 9.59 Å². The van der Waals surface area contributed by atoms with E-state index < -0.39 is 9.84 Å². The van der Waals surface area contributed by atoms with Gasteiger partial charge in [-0.25, -0.2) is 8.42 Å². The number of methoxy groups -OCH3 is 1. The molecule has 0 spiro atoms. The van der Waals surface area contributed by atoms with Crippen LogP contribution in [-0.2, 0) is 24.2 Å². The molecule has 2 unspecified atom stereocenters. The minimum absolute atomic E-state index is 0.0297. The number of hydrogen-bond donors (Lipinski definition) is 1. The van der Waals surface area contributed by atoms with Crippen LogP contribution in [0, 0.1) is 5.92 Å². The highest BCUT2D eigenvalue weighted by Gasteiger charge is 2.28. The number of carbonyl (C=O) groups is 2. The second-order valence-corrected chi connectivity index (χ2v) is 7.87. The summed E-state index contributed by atoms with van der Waals surface area (Å²) < 4.78 is 27.0. The third-order valence-corrected chi connectivity index (χ3v) is 5.77. The lowest BCUT2D eigenvalue weighted by molar-refractivity contribution is -0.144. The summed E-state index contributed by atoms with van der Waals surface area (Å²) in [6, 6.07) is -0.267. The minimum atomic E-state index is -2.97. The third-order valence-electron chi connectivity index (χ3n) is 2.80. The molecule has 1 amide bonds. The average Bonchev–Trinajstić information content (AvgIpc) is 2.67. The van der Waals surface area contributed by atoms with Gasteiger partial charge in [-0.1, -0.05) is 6.92 Å². The van der Waals surface area contributed by atoms with E-state index in [2.05, 4.69) is 10.1 Å². The molecule has 0 aromatic rings. The molecule has 110 valence electrons. The number of ether oxygens (including phenoxy) is 1. The Labute approximate surface area is 117 Å². The fraction of sp³-hybridized carbons (Fsp3) is 0.818. The summed E-state index contributed by atoms with van der Waals surface area (Å²) in [6.07, 6.45) is 0.483. The second-order valence-electron chi connectivity index (χ2n) is 4.61. The first-order valence-corrected chi connectivity index (χ1v) is 8.97. The number of amides is 1. The zero-order chi connectivity index (χ0) is 14.5. The molecule has 6 nitrogen and oxygen atoms in total. The Morgan fingerprint density at radius 1 is 1.47 bits per heavy atom. The van der Waals surface area contributed by atoms with E-state index in [-0.39, 0.29) is 41.1 Å². The van der Waals surface area contributed by atoms with E-state index >= 15 is 0 Å².